The second-order valence-electron chi connectivity index (χ2n) is 8.91. The average Bonchev–Trinajstić information content (AvgIpc) is 3.37. The highest BCUT2D eigenvalue weighted by atomic mass is 35.5. The number of aryl methyl sites for hydroxylation is 1. The molecule has 0 aromatic heterocycles. The standard InChI is InChI=1S/C27H27ClFNO5S/c1-18-5-4-8-20(13-18)17-34-21-9-11-22(12-10-21)36(32,33)30-27(31)23-14-24(28)26(15-25(23)29)35-16-19-6-2-3-7-19/h4-5,8-15,19H,2-3,6-7,16-17H2,1H3,(H,30,31). The molecule has 1 fully saturated rings. The molecule has 0 bridgehead atoms. The summed E-state index contributed by atoms with van der Waals surface area (Å²) < 4.78 is 53.3. The summed E-state index contributed by atoms with van der Waals surface area (Å²) in [6, 6.07) is 15.5. The molecular formula is C27H27ClFNO5S. The van der Waals surface area contributed by atoms with Crippen molar-refractivity contribution in [3.63, 3.8) is 0 Å². The SMILES string of the molecule is Cc1cccc(COc2ccc(S(=O)(=O)NC(=O)c3cc(Cl)c(OCC4CCCC4)cc3F)cc2)c1. The molecule has 0 radical (unpaired) electrons. The second kappa shape index (κ2) is 11.3. The number of hydrogen-bond donors (Lipinski definition) is 1. The number of carbonyl (C=O) groups is 1. The fourth-order valence-electron chi connectivity index (χ4n) is 4.12. The molecule has 190 valence electrons. The van der Waals surface area contributed by atoms with Gasteiger partial charge in [-0.05, 0) is 61.6 Å². The summed E-state index contributed by atoms with van der Waals surface area (Å²) >= 11 is 6.18. The van der Waals surface area contributed by atoms with E-state index >= 15 is 0 Å². The van der Waals surface area contributed by atoms with Gasteiger partial charge in [-0.15, -0.1) is 0 Å². The van der Waals surface area contributed by atoms with Gasteiger partial charge in [0.1, 0.15) is 23.9 Å². The predicted octanol–water partition coefficient (Wildman–Crippen LogP) is 6.05. The molecule has 9 heteroatoms. The van der Waals surface area contributed by atoms with Crippen LogP contribution >= 0.6 is 11.6 Å². The van der Waals surface area contributed by atoms with Gasteiger partial charge in [-0.25, -0.2) is 17.5 Å². The van der Waals surface area contributed by atoms with E-state index in [1.807, 2.05) is 35.9 Å². The minimum atomic E-state index is -4.25. The molecule has 36 heavy (non-hydrogen) atoms. The van der Waals surface area contributed by atoms with E-state index < -0.39 is 27.3 Å². The van der Waals surface area contributed by atoms with Crippen LogP contribution in [0.1, 0.15) is 47.2 Å². The molecule has 1 N–H and O–H groups in total. The number of amides is 1. The normalized spacial score (nSPS) is 14.0. The molecule has 1 amide bonds. The van der Waals surface area contributed by atoms with E-state index in [-0.39, 0.29) is 15.7 Å². The highest BCUT2D eigenvalue weighted by molar-refractivity contribution is 7.90. The molecule has 3 aromatic rings. The number of sulfonamides is 1. The Hall–Kier alpha value is -3.10. The molecular weight excluding hydrogens is 505 g/mol. The van der Waals surface area contributed by atoms with Crippen molar-refractivity contribution >= 4 is 27.5 Å². The Kier molecular flexibility index (Phi) is 8.16. The average molecular weight is 532 g/mol. The molecule has 0 aliphatic heterocycles. The Morgan fingerprint density at radius 1 is 1.06 bits per heavy atom. The van der Waals surface area contributed by atoms with E-state index in [4.69, 9.17) is 21.1 Å². The van der Waals surface area contributed by atoms with Gasteiger partial charge < -0.3 is 9.47 Å². The van der Waals surface area contributed by atoms with Crippen molar-refractivity contribution in [2.75, 3.05) is 6.61 Å². The zero-order valence-corrected chi connectivity index (χ0v) is 21.4. The van der Waals surface area contributed by atoms with E-state index in [1.165, 1.54) is 24.3 Å². The van der Waals surface area contributed by atoms with Gasteiger partial charge in [-0.3, -0.25) is 4.79 Å². The molecule has 0 saturated heterocycles. The summed E-state index contributed by atoms with van der Waals surface area (Å²) in [6.07, 6.45) is 4.40. The first-order valence-corrected chi connectivity index (χ1v) is 13.5. The molecule has 1 saturated carbocycles. The lowest BCUT2D eigenvalue weighted by Gasteiger charge is -2.14. The lowest BCUT2D eigenvalue weighted by Crippen LogP contribution is -2.31. The summed E-state index contributed by atoms with van der Waals surface area (Å²) in [7, 11) is -4.25. The summed E-state index contributed by atoms with van der Waals surface area (Å²) in [6.45, 7) is 2.73. The molecule has 0 spiro atoms. The van der Waals surface area contributed by atoms with Crippen LogP contribution in [0.15, 0.2) is 65.6 Å². The third-order valence-corrected chi connectivity index (χ3v) is 7.71. The van der Waals surface area contributed by atoms with Crippen LogP contribution in [0, 0.1) is 18.7 Å². The molecule has 1 aliphatic rings. The maximum atomic E-state index is 14.7. The number of carbonyl (C=O) groups excluding carboxylic acids is 1. The van der Waals surface area contributed by atoms with Crippen LogP contribution in [0.3, 0.4) is 0 Å². The van der Waals surface area contributed by atoms with Crippen molar-refractivity contribution in [2.24, 2.45) is 5.92 Å². The van der Waals surface area contributed by atoms with Gasteiger partial charge in [0.15, 0.2) is 0 Å². The molecule has 1 aliphatic carbocycles. The second-order valence-corrected chi connectivity index (χ2v) is 11.0. The van der Waals surface area contributed by atoms with Gasteiger partial charge in [0, 0.05) is 6.07 Å². The van der Waals surface area contributed by atoms with Gasteiger partial charge in [0.25, 0.3) is 15.9 Å². The minimum absolute atomic E-state index is 0.0343. The maximum Gasteiger partial charge on any atom is 0.268 e. The lowest BCUT2D eigenvalue weighted by molar-refractivity contribution is 0.0977. The van der Waals surface area contributed by atoms with Crippen LogP contribution in [0.4, 0.5) is 4.39 Å². The van der Waals surface area contributed by atoms with E-state index in [9.17, 15) is 17.6 Å². The third-order valence-electron chi connectivity index (χ3n) is 6.06. The molecule has 0 unspecified atom stereocenters. The zero-order valence-electron chi connectivity index (χ0n) is 19.8. The highest BCUT2D eigenvalue weighted by Gasteiger charge is 2.23. The first-order valence-electron chi connectivity index (χ1n) is 11.7. The Balaban J connectivity index is 1.39. The number of halogens is 2. The van der Waals surface area contributed by atoms with Gasteiger partial charge in [-0.2, -0.15) is 0 Å². The van der Waals surface area contributed by atoms with E-state index in [0.717, 1.165) is 48.9 Å². The van der Waals surface area contributed by atoms with Gasteiger partial charge >= 0.3 is 0 Å². The molecule has 6 nitrogen and oxygen atoms in total. The molecule has 0 atom stereocenters. The maximum absolute atomic E-state index is 14.7. The summed E-state index contributed by atoms with van der Waals surface area (Å²) in [5.41, 5.74) is 1.60. The monoisotopic (exact) mass is 531 g/mol. The van der Waals surface area contributed by atoms with Crippen molar-refractivity contribution in [1.29, 1.82) is 0 Å². The van der Waals surface area contributed by atoms with Crippen molar-refractivity contribution in [2.45, 2.75) is 44.1 Å². The van der Waals surface area contributed by atoms with Gasteiger partial charge in [0.2, 0.25) is 0 Å². The predicted molar refractivity (Wildman–Crippen MR) is 135 cm³/mol. The van der Waals surface area contributed by atoms with E-state index in [1.54, 1.807) is 0 Å². The fourth-order valence-corrected chi connectivity index (χ4v) is 5.30. The largest absolute Gasteiger partial charge is 0.492 e. The Morgan fingerprint density at radius 3 is 2.47 bits per heavy atom. The zero-order chi connectivity index (χ0) is 25.7. The van der Waals surface area contributed by atoms with Gasteiger partial charge in [0.05, 0.1) is 22.1 Å². The molecule has 0 heterocycles. The number of ether oxygens (including phenoxy) is 2. The third kappa shape index (κ3) is 6.56. The lowest BCUT2D eigenvalue weighted by atomic mass is 10.1. The number of nitrogens with one attached hydrogen (secondary N) is 1. The summed E-state index contributed by atoms with van der Waals surface area (Å²) in [5, 5.41) is 0.0343. The van der Waals surface area contributed by atoms with Crippen LogP contribution in [0.2, 0.25) is 5.02 Å². The first-order chi connectivity index (χ1) is 17.2. The first kappa shape index (κ1) is 26.0. The van der Waals surface area contributed by atoms with Crippen molar-refractivity contribution in [1.82, 2.24) is 4.72 Å². The molecule has 4 rings (SSSR count). The topological polar surface area (TPSA) is 81.7 Å². The number of benzene rings is 3. The highest BCUT2D eigenvalue weighted by Crippen LogP contribution is 2.31. The smallest absolute Gasteiger partial charge is 0.268 e. The van der Waals surface area contributed by atoms with E-state index in [2.05, 4.69) is 0 Å². The van der Waals surface area contributed by atoms with Crippen LogP contribution in [0.5, 0.6) is 11.5 Å². The van der Waals surface area contributed by atoms with E-state index in [0.29, 0.717) is 24.9 Å². The Morgan fingerprint density at radius 2 is 1.78 bits per heavy atom. The van der Waals surface area contributed by atoms with Crippen LogP contribution < -0.4 is 14.2 Å². The number of rotatable bonds is 9. The Labute approximate surface area is 215 Å². The molecule has 3 aromatic carbocycles. The van der Waals surface area contributed by atoms with Gasteiger partial charge in [-0.1, -0.05) is 54.3 Å². The van der Waals surface area contributed by atoms with Crippen LogP contribution in [-0.4, -0.2) is 20.9 Å². The van der Waals surface area contributed by atoms with Crippen molar-refractivity contribution < 1.29 is 27.1 Å². The number of hydrogen-bond acceptors (Lipinski definition) is 5. The van der Waals surface area contributed by atoms with Crippen LogP contribution in [-0.2, 0) is 16.6 Å². The minimum Gasteiger partial charge on any atom is -0.492 e. The quantitative estimate of drug-likeness (QED) is 0.363. The van der Waals surface area contributed by atoms with Crippen molar-refractivity contribution in [3.8, 4) is 11.5 Å². The summed E-state index contributed by atoms with van der Waals surface area (Å²) in [4.78, 5) is 12.4. The fraction of sp³-hybridized carbons (Fsp3) is 0.296. The Bertz CT molecular complexity index is 1340. The van der Waals surface area contributed by atoms with Crippen LogP contribution in [0.25, 0.3) is 0 Å². The summed E-state index contributed by atoms with van der Waals surface area (Å²) in [5.74, 6) is -1.06. The van der Waals surface area contributed by atoms with Crippen molar-refractivity contribution in [3.05, 3.63) is 88.2 Å².